The Kier molecular flexibility index (Phi) is 4.50. The molecular formula is C15H19FN4. The lowest BCUT2D eigenvalue weighted by atomic mass is 10.2. The standard InChI is InChI=1S/C15H19FN4/c1-4-5-17-14-9-15(19-11(3)18-14)20-13-7-10(2)6-12(16)8-13/h6-9H,4-5H2,1-3H3,(H2,17,18,19,20). The lowest BCUT2D eigenvalue weighted by Crippen LogP contribution is -2.05. The molecule has 2 N–H and O–H groups in total. The first-order valence-electron chi connectivity index (χ1n) is 6.70. The molecule has 0 aliphatic heterocycles. The Morgan fingerprint density at radius 2 is 1.80 bits per heavy atom. The summed E-state index contributed by atoms with van der Waals surface area (Å²) in [4.78, 5) is 8.62. The van der Waals surface area contributed by atoms with Crippen LogP contribution in [-0.4, -0.2) is 16.5 Å². The number of halogens is 1. The Balaban J connectivity index is 2.21. The summed E-state index contributed by atoms with van der Waals surface area (Å²) >= 11 is 0. The summed E-state index contributed by atoms with van der Waals surface area (Å²) in [5.41, 5.74) is 1.55. The van der Waals surface area contributed by atoms with Crippen molar-refractivity contribution in [1.29, 1.82) is 0 Å². The normalized spacial score (nSPS) is 10.4. The molecular weight excluding hydrogens is 255 g/mol. The van der Waals surface area contributed by atoms with Crippen molar-refractivity contribution in [1.82, 2.24) is 9.97 Å². The van der Waals surface area contributed by atoms with Crippen LogP contribution < -0.4 is 10.6 Å². The Labute approximate surface area is 118 Å². The Morgan fingerprint density at radius 3 is 2.50 bits per heavy atom. The van der Waals surface area contributed by atoms with Gasteiger partial charge in [-0.2, -0.15) is 0 Å². The van der Waals surface area contributed by atoms with Gasteiger partial charge in [0.05, 0.1) is 0 Å². The maximum Gasteiger partial charge on any atom is 0.136 e. The number of aromatic nitrogens is 2. The van der Waals surface area contributed by atoms with Crippen LogP contribution in [0.1, 0.15) is 24.7 Å². The summed E-state index contributed by atoms with van der Waals surface area (Å²) in [7, 11) is 0. The highest BCUT2D eigenvalue weighted by Crippen LogP contribution is 2.19. The smallest absolute Gasteiger partial charge is 0.136 e. The second-order valence-corrected chi connectivity index (χ2v) is 4.75. The van der Waals surface area contributed by atoms with Gasteiger partial charge < -0.3 is 10.6 Å². The van der Waals surface area contributed by atoms with E-state index < -0.39 is 0 Å². The maximum atomic E-state index is 13.4. The summed E-state index contributed by atoms with van der Waals surface area (Å²) in [6.45, 7) is 6.64. The molecule has 5 heteroatoms. The van der Waals surface area contributed by atoms with Gasteiger partial charge in [0.2, 0.25) is 0 Å². The summed E-state index contributed by atoms with van der Waals surface area (Å²) in [6, 6.07) is 6.64. The molecule has 0 spiro atoms. The number of nitrogens with zero attached hydrogens (tertiary/aromatic N) is 2. The molecule has 0 aliphatic rings. The zero-order valence-electron chi connectivity index (χ0n) is 12.0. The average molecular weight is 274 g/mol. The highest BCUT2D eigenvalue weighted by Gasteiger charge is 2.03. The van der Waals surface area contributed by atoms with E-state index in [2.05, 4.69) is 27.5 Å². The summed E-state index contributed by atoms with van der Waals surface area (Å²) in [6.07, 6.45) is 1.02. The first-order valence-corrected chi connectivity index (χ1v) is 6.70. The Hall–Kier alpha value is -2.17. The SMILES string of the molecule is CCCNc1cc(Nc2cc(C)cc(F)c2)nc(C)n1. The van der Waals surface area contributed by atoms with E-state index in [1.54, 1.807) is 0 Å². The molecule has 4 nitrogen and oxygen atoms in total. The molecule has 1 aromatic carbocycles. The minimum Gasteiger partial charge on any atom is -0.370 e. The molecule has 106 valence electrons. The number of hydrogen-bond acceptors (Lipinski definition) is 4. The molecule has 1 aromatic heterocycles. The minimum absolute atomic E-state index is 0.261. The zero-order valence-corrected chi connectivity index (χ0v) is 12.0. The topological polar surface area (TPSA) is 49.8 Å². The molecule has 0 radical (unpaired) electrons. The maximum absolute atomic E-state index is 13.4. The summed E-state index contributed by atoms with van der Waals surface area (Å²) < 4.78 is 13.4. The fraction of sp³-hybridized carbons (Fsp3) is 0.333. The molecule has 0 fully saturated rings. The van der Waals surface area contributed by atoms with Crippen LogP contribution in [0.25, 0.3) is 0 Å². The molecule has 0 bridgehead atoms. The fourth-order valence-corrected chi connectivity index (χ4v) is 1.93. The predicted molar refractivity (Wildman–Crippen MR) is 80.0 cm³/mol. The number of benzene rings is 1. The van der Waals surface area contributed by atoms with E-state index in [0.717, 1.165) is 24.3 Å². The third-order valence-corrected chi connectivity index (χ3v) is 2.71. The molecule has 0 unspecified atom stereocenters. The van der Waals surface area contributed by atoms with Crippen molar-refractivity contribution in [3.63, 3.8) is 0 Å². The molecule has 0 atom stereocenters. The number of aryl methyl sites for hydroxylation is 2. The second kappa shape index (κ2) is 6.32. The van der Waals surface area contributed by atoms with Gasteiger partial charge in [-0.05, 0) is 44.0 Å². The van der Waals surface area contributed by atoms with Crippen LogP contribution in [0.3, 0.4) is 0 Å². The van der Waals surface area contributed by atoms with Gasteiger partial charge in [-0.3, -0.25) is 0 Å². The van der Waals surface area contributed by atoms with Crippen LogP contribution in [0.2, 0.25) is 0 Å². The lowest BCUT2D eigenvalue weighted by molar-refractivity contribution is 0.627. The average Bonchev–Trinajstić information content (AvgIpc) is 2.34. The van der Waals surface area contributed by atoms with Gasteiger partial charge in [-0.1, -0.05) is 6.92 Å². The van der Waals surface area contributed by atoms with Crippen molar-refractivity contribution in [2.45, 2.75) is 27.2 Å². The van der Waals surface area contributed by atoms with E-state index in [-0.39, 0.29) is 5.82 Å². The summed E-state index contributed by atoms with van der Waals surface area (Å²) in [5.74, 6) is 1.83. The Bertz CT molecular complexity index is 578. The molecule has 0 amide bonds. The predicted octanol–water partition coefficient (Wildman–Crippen LogP) is 3.80. The molecule has 2 aromatic rings. The summed E-state index contributed by atoms with van der Waals surface area (Å²) in [5, 5.41) is 6.33. The monoisotopic (exact) mass is 274 g/mol. The Morgan fingerprint density at radius 1 is 1.05 bits per heavy atom. The van der Waals surface area contributed by atoms with E-state index in [1.807, 2.05) is 26.0 Å². The highest BCUT2D eigenvalue weighted by atomic mass is 19.1. The van der Waals surface area contributed by atoms with Crippen LogP contribution in [0.15, 0.2) is 24.3 Å². The van der Waals surface area contributed by atoms with E-state index in [0.29, 0.717) is 17.3 Å². The van der Waals surface area contributed by atoms with Crippen molar-refractivity contribution in [3.8, 4) is 0 Å². The molecule has 0 aliphatic carbocycles. The van der Waals surface area contributed by atoms with Gasteiger partial charge in [0.25, 0.3) is 0 Å². The largest absolute Gasteiger partial charge is 0.370 e. The van der Waals surface area contributed by atoms with Crippen LogP contribution in [0, 0.1) is 19.7 Å². The molecule has 1 heterocycles. The molecule has 20 heavy (non-hydrogen) atoms. The van der Waals surface area contributed by atoms with E-state index in [4.69, 9.17) is 0 Å². The third kappa shape index (κ3) is 3.91. The van der Waals surface area contributed by atoms with Crippen LogP contribution >= 0.6 is 0 Å². The first-order chi connectivity index (χ1) is 9.56. The van der Waals surface area contributed by atoms with Crippen molar-refractivity contribution >= 4 is 17.3 Å². The first kappa shape index (κ1) is 14.2. The van der Waals surface area contributed by atoms with E-state index in [9.17, 15) is 4.39 Å². The van der Waals surface area contributed by atoms with E-state index >= 15 is 0 Å². The van der Waals surface area contributed by atoms with Crippen molar-refractivity contribution in [2.24, 2.45) is 0 Å². The number of nitrogens with one attached hydrogen (secondary N) is 2. The molecule has 0 saturated heterocycles. The minimum atomic E-state index is -0.261. The van der Waals surface area contributed by atoms with E-state index in [1.165, 1.54) is 12.1 Å². The van der Waals surface area contributed by atoms with Crippen LogP contribution in [-0.2, 0) is 0 Å². The van der Waals surface area contributed by atoms with Crippen LogP contribution in [0.4, 0.5) is 21.7 Å². The van der Waals surface area contributed by atoms with Gasteiger partial charge in [0.15, 0.2) is 0 Å². The van der Waals surface area contributed by atoms with Gasteiger partial charge >= 0.3 is 0 Å². The van der Waals surface area contributed by atoms with Crippen molar-refractivity contribution in [2.75, 3.05) is 17.2 Å². The van der Waals surface area contributed by atoms with Crippen molar-refractivity contribution in [3.05, 3.63) is 41.5 Å². The van der Waals surface area contributed by atoms with Gasteiger partial charge in [-0.15, -0.1) is 0 Å². The highest BCUT2D eigenvalue weighted by molar-refractivity contribution is 5.60. The second-order valence-electron chi connectivity index (χ2n) is 4.75. The van der Waals surface area contributed by atoms with Gasteiger partial charge in [0.1, 0.15) is 23.3 Å². The third-order valence-electron chi connectivity index (χ3n) is 2.71. The van der Waals surface area contributed by atoms with Crippen LogP contribution in [0.5, 0.6) is 0 Å². The molecule has 0 saturated carbocycles. The number of rotatable bonds is 5. The molecule has 2 rings (SSSR count). The fourth-order valence-electron chi connectivity index (χ4n) is 1.93. The van der Waals surface area contributed by atoms with Gasteiger partial charge in [0, 0.05) is 18.3 Å². The zero-order chi connectivity index (χ0) is 14.5. The van der Waals surface area contributed by atoms with Gasteiger partial charge in [-0.25, -0.2) is 14.4 Å². The van der Waals surface area contributed by atoms with Crippen molar-refractivity contribution < 1.29 is 4.39 Å². The number of hydrogen-bond donors (Lipinski definition) is 2. The lowest BCUT2D eigenvalue weighted by Gasteiger charge is -2.10. The number of anilines is 3. The quantitative estimate of drug-likeness (QED) is 0.870.